The summed E-state index contributed by atoms with van der Waals surface area (Å²) >= 11 is 0. The largest absolute Gasteiger partial charge is 0.495 e. The SMILES string of the molecule is COc1ccc(C)cc1N1C[C@@H](C(=O)O[C@H](C)C(=O)NC2CCCCCC2)CC1=O. The molecule has 0 radical (unpaired) electrons. The number of rotatable bonds is 6. The fraction of sp³-hybridized carbons (Fsp3) is 0.609. The lowest BCUT2D eigenvalue weighted by atomic mass is 10.1. The zero-order chi connectivity index (χ0) is 21.7. The molecule has 7 nitrogen and oxygen atoms in total. The van der Waals surface area contributed by atoms with Crippen LogP contribution in [0.5, 0.6) is 5.75 Å². The molecule has 0 unspecified atom stereocenters. The van der Waals surface area contributed by atoms with E-state index in [0.29, 0.717) is 11.4 Å². The Morgan fingerprint density at radius 1 is 1.17 bits per heavy atom. The van der Waals surface area contributed by atoms with Gasteiger partial charge in [-0.3, -0.25) is 14.4 Å². The molecule has 1 aliphatic carbocycles. The molecule has 30 heavy (non-hydrogen) atoms. The van der Waals surface area contributed by atoms with Crippen LogP contribution in [0.25, 0.3) is 0 Å². The van der Waals surface area contributed by atoms with E-state index in [-0.39, 0.29) is 30.8 Å². The third kappa shape index (κ3) is 5.32. The Kier molecular flexibility index (Phi) is 7.34. The molecule has 0 spiro atoms. The van der Waals surface area contributed by atoms with E-state index in [2.05, 4.69) is 5.32 Å². The zero-order valence-corrected chi connectivity index (χ0v) is 18.1. The summed E-state index contributed by atoms with van der Waals surface area (Å²) in [5.74, 6) is -0.954. The summed E-state index contributed by atoms with van der Waals surface area (Å²) in [6.45, 7) is 3.74. The van der Waals surface area contributed by atoms with Crippen molar-refractivity contribution in [2.75, 3.05) is 18.6 Å². The van der Waals surface area contributed by atoms with Gasteiger partial charge in [-0.1, -0.05) is 31.7 Å². The average Bonchev–Trinajstić information content (AvgIpc) is 2.93. The lowest BCUT2D eigenvalue weighted by Gasteiger charge is -2.21. The molecule has 2 aliphatic rings. The van der Waals surface area contributed by atoms with E-state index in [9.17, 15) is 14.4 Å². The van der Waals surface area contributed by atoms with Crippen molar-refractivity contribution in [3.05, 3.63) is 23.8 Å². The van der Waals surface area contributed by atoms with Gasteiger partial charge in [-0.2, -0.15) is 0 Å². The van der Waals surface area contributed by atoms with Crippen LogP contribution in [-0.4, -0.2) is 43.6 Å². The van der Waals surface area contributed by atoms with E-state index in [1.165, 1.54) is 12.8 Å². The highest BCUT2D eigenvalue weighted by Gasteiger charge is 2.38. The first-order chi connectivity index (χ1) is 14.4. The van der Waals surface area contributed by atoms with Crippen molar-refractivity contribution in [1.29, 1.82) is 0 Å². The third-order valence-corrected chi connectivity index (χ3v) is 5.95. The first kappa shape index (κ1) is 22.1. The number of esters is 1. The Labute approximate surface area is 178 Å². The van der Waals surface area contributed by atoms with Gasteiger partial charge in [0.2, 0.25) is 5.91 Å². The average molecular weight is 417 g/mol. The zero-order valence-electron chi connectivity index (χ0n) is 18.1. The number of hydrogen-bond acceptors (Lipinski definition) is 5. The van der Waals surface area contributed by atoms with Gasteiger partial charge in [0, 0.05) is 19.0 Å². The number of carbonyl (C=O) groups is 3. The summed E-state index contributed by atoms with van der Waals surface area (Å²) in [6.07, 6.45) is 5.76. The Bertz CT molecular complexity index is 786. The maximum atomic E-state index is 12.6. The Morgan fingerprint density at radius 3 is 2.53 bits per heavy atom. The van der Waals surface area contributed by atoms with Crippen LogP contribution in [0.1, 0.15) is 57.4 Å². The van der Waals surface area contributed by atoms with Crippen molar-refractivity contribution >= 4 is 23.5 Å². The number of nitrogens with zero attached hydrogens (tertiary/aromatic N) is 1. The topological polar surface area (TPSA) is 84.9 Å². The van der Waals surface area contributed by atoms with E-state index in [1.807, 2.05) is 25.1 Å². The minimum atomic E-state index is -0.876. The van der Waals surface area contributed by atoms with Gasteiger partial charge in [-0.05, 0) is 44.4 Å². The van der Waals surface area contributed by atoms with Crippen LogP contribution >= 0.6 is 0 Å². The first-order valence-corrected chi connectivity index (χ1v) is 10.8. The standard InChI is InChI=1S/C23H32N2O5/c1-15-10-11-20(29-3)19(12-15)25-14-17(13-21(25)26)23(28)30-16(2)22(27)24-18-8-6-4-5-7-9-18/h10-12,16-18H,4-9,13-14H2,1-3H3,(H,24,27)/t16-,17+/m1/s1. The Hall–Kier alpha value is -2.57. The fourth-order valence-electron chi connectivity index (χ4n) is 4.18. The second-order valence-corrected chi connectivity index (χ2v) is 8.36. The van der Waals surface area contributed by atoms with Gasteiger partial charge >= 0.3 is 5.97 Å². The van der Waals surface area contributed by atoms with Gasteiger partial charge in [0.15, 0.2) is 6.10 Å². The molecular weight excluding hydrogens is 384 g/mol. The summed E-state index contributed by atoms with van der Waals surface area (Å²) in [6, 6.07) is 5.73. The monoisotopic (exact) mass is 416 g/mol. The lowest BCUT2D eigenvalue weighted by Crippen LogP contribution is -2.42. The highest BCUT2D eigenvalue weighted by Crippen LogP contribution is 2.34. The number of hydrogen-bond donors (Lipinski definition) is 1. The van der Waals surface area contributed by atoms with Crippen LogP contribution in [-0.2, 0) is 19.1 Å². The molecule has 7 heteroatoms. The van der Waals surface area contributed by atoms with E-state index in [4.69, 9.17) is 9.47 Å². The van der Waals surface area contributed by atoms with Crippen LogP contribution in [0.15, 0.2) is 18.2 Å². The van der Waals surface area contributed by atoms with Crippen molar-refractivity contribution in [3.63, 3.8) is 0 Å². The van der Waals surface area contributed by atoms with E-state index in [1.54, 1.807) is 18.9 Å². The molecule has 2 amide bonds. The van der Waals surface area contributed by atoms with Gasteiger partial charge in [0.25, 0.3) is 5.91 Å². The molecule has 1 aliphatic heterocycles. The molecule has 164 valence electrons. The number of anilines is 1. The third-order valence-electron chi connectivity index (χ3n) is 5.95. The van der Waals surface area contributed by atoms with Crippen molar-refractivity contribution in [1.82, 2.24) is 5.32 Å². The van der Waals surface area contributed by atoms with Crippen molar-refractivity contribution in [2.24, 2.45) is 5.92 Å². The maximum Gasteiger partial charge on any atom is 0.312 e. The molecule has 1 saturated heterocycles. The highest BCUT2D eigenvalue weighted by atomic mass is 16.5. The van der Waals surface area contributed by atoms with E-state index in [0.717, 1.165) is 31.2 Å². The summed E-state index contributed by atoms with van der Waals surface area (Å²) in [4.78, 5) is 39.2. The summed E-state index contributed by atoms with van der Waals surface area (Å²) < 4.78 is 10.8. The first-order valence-electron chi connectivity index (χ1n) is 10.8. The molecule has 1 aromatic carbocycles. The van der Waals surface area contributed by atoms with Crippen LogP contribution in [0, 0.1) is 12.8 Å². The summed E-state index contributed by atoms with van der Waals surface area (Å²) in [5.41, 5.74) is 1.64. The van der Waals surface area contributed by atoms with Crippen LogP contribution < -0.4 is 15.0 Å². The normalized spacial score (nSPS) is 21.1. The molecule has 1 N–H and O–H groups in total. The molecule has 2 atom stereocenters. The predicted octanol–water partition coefficient (Wildman–Crippen LogP) is 3.13. The van der Waals surface area contributed by atoms with Gasteiger partial charge in [-0.15, -0.1) is 0 Å². The molecular formula is C23H32N2O5. The van der Waals surface area contributed by atoms with Crippen molar-refractivity contribution in [3.8, 4) is 5.75 Å². The van der Waals surface area contributed by atoms with E-state index < -0.39 is 18.0 Å². The molecule has 1 saturated carbocycles. The fourth-order valence-corrected chi connectivity index (χ4v) is 4.18. The van der Waals surface area contributed by atoms with Crippen LogP contribution in [0.2, 0.25) is 0 Å². The predicted molar refractivity (Wildman–Crippen MR) is 113 cm³/mol. The highest BCUT2D eigenvalue weighted by molar-refractivity contribution is 6.00. The minimum Gasteiger partial charge on any atom is -0.495 e. The Balaban J connectivity index is 1.57. The summed E-state index contributed by atoms with van der Waals surface area (Å²) in [5, 5.41) is 3.01. The van der Waals surface area contributed by atoms with Gasteiger partial charge < -0.3 is 19.7 Å². The van der Waals surface area contributed by atoms with Gasteiger partial charge in [0.1, 0.15) is 5.75 Å². The number of methoxy groups -OCH3 is 1. The van der Waals surface area contributed by atoms with Crippen LogP contribution in [0.4, 0.5) is 5.69 Å². The molecule has 1 heterocycles. The summed E-state index contributed by atoms with van der Waals surface area (Å²) in [7, 11) is 1.55. The maximum absolute atomic E-state index is 12.6. The number of carbonyl (C=O) groups excluding carboxylic acids is 3. The quantitative estimate of drug-likeness (QED) is 0.569. The second kappa shape index (κ2) is 9.96. The van der Waals surface area contributed by atoms with E-state index >= 15 is 0 Å². The minimum absolute atomic E-state index is 0.0624. The van der Waals surface area contributed by atoms with Crippen molar-refractivity contribution in [2.45, 2.75) is 70.9 Å². The van der Waals surface area contributed by atoms with Gasteiger partial charge in [-0.25, -0.2) is 0 Å². The number of ether oxygens (including phenoxy) is 2. The van der Waals surface area contributed by atoms with Crippen LogP contribution in [0.3, 0.4) is 0 Å². The molecule has 3 rings (SSSR count). The Morgan fingerprint density at radius 2 is 1.87 bits per heavy atom. The number of aryl methyl sites for hydroxylation is 1. The van der Waals surface area contributed by atoms with Gasteiger partial charge in [0.05, 0.1) is 18.7 Å². The number of nitrogens with one attached hydrogen (secondary N) is 1. The molecule has 0 bridgehead atoms. The number of benzene rings is 1. The second-order valence-electron chi connectivity index (χ2n) is 8.36. The van der Waals surface area contributed by atoms with Crippen molar-refractivity contribution < 1.29 is 23.9 Å². The molecule has 2 fully saturated rings. The molecule has 0 aromatic heterocycles. The smallest absolute Gasteiger partial charge is 0.312 e. The lowest BCUT2D eigenvalue weighted by molar-refractivity contribution is -0.158. The molecule has 1 aromatic rings. The number of amides is 2.